The predicted octanol–water partition coefficient (Wildman–Crippen LogP) is 3.13. The van der Waals surface area contributed by atoms with Crippen LogP contribution in [0.25, 0.3) is 0 Å². The van der Waals surface area contributed by atoms with Gasteiger partial charge in [0.05, 0.1) is 18.2 Å². The minimum Gasteiger partial charge on any atom is -0.379 e. The third-order valence-electron chi connectivity index (χ3n) is 5.78. The Morgan fingerprint density at radius 3 is 2.62 bits per heavy atom. The van der Waals surface area contributed by atoms with E-state index in [0.717, 1.165) is 70.7 Å². The van der Waals surface area contributed by atoms with Crippen molar-refractivity contribution in [1.29, 1.82) is 0 Å². The maximum Gasteiger partial charge on any atom is 0.191 e. The van der Waals surface area contributed by atoms with Crippen molar-refractivity contribution in [1.82, 2.24) is 20.5 Å². The molecule has 4 rings (SSSR count). The number of hydrogen-bond acceptors (Lipinski definition) is 5. The van der Waals surface area contributed by atoms with Crippen LogP contribution < -0.4 is 15.5 Å². The molecular formula is C23H32ClIN6O. The molecule has 0 radical (unpaired) electrons. The van der Waals surface area contributed by atoms with E-state index >= 15 is 0 Å². The lowest BCUT2D eigenvalue weighted by Gasteiger charge is -2.26. The van der Waals surface area contributed by atoms with Crippen LogP contribution in [-0.4, -0.2) is 68.3 Å². The second-order valence-electron chi connectivity index (χ2n) is 8.02. The number of ether oxygens (including phenoxy) is 1. The molecule has 7 nitrogen and oxygen atoms in total. The molecule has 0 spiro atoms. The molecule has 2 aliphatic heterocycles. The van der Waals surface area contributed by atoms with E-state index in [9.17, 15) is 0 Å². The van der Waals surface area contributed by atoms with Crippen molar-refractivity contribution in [2.75, 3.05) is 51.3 Å². The summed E-state index contributed by atoms with van der Waals surface area (Å²) in [6.45, 7) is 7.19. The zero-order valence-electron chi connectivity index (χ0n) is 18.5. The Balaban J connectivity index is 0.00000289. The van der Waals surface area contributed by atoms with Crippen LogP contribution in [-0.2, 0) is 17.8 Å². The van der Waals surface area contributed by atoms with Gasteiger partial charge in [0.15, 0.2) is 5.96 Å². The number of aromatic nitrogens is 1. The van der Waals surface area contributed by atoms with Crippen LogP contribution in [0.2, 0.25) is 5.02 Å². The summed E-state index contributed by atoms with van der Waals surface area (Å²) in [6.07, 6.45) is 2.80. The first kappa shape index (κ1) is 25.0. The second kappa shape index (κ2) is 12.6. The first-order valence-electron chi connectivity index (χ1n) is 10.9. The van der Waals surface area contributed by atoms with Crippen molar-refractivity contribution in [3.8, 4) is 0 Å². The molecule has 9 heteroatoms. The molecular weight excluding hydrogens is 539 g/mol. The quantitative estimate of drug-likeness (QED) is 0.316. The molecule has 0 saturated carbocycles. The first-order chi connectivity index (χ1) is 15.2. The van der Waals surface area contributed by atoms with Crippen LogP contribution in [0.4, 0.5) is 5.82 Å². The van der Waals surface area contributed by atoms with Crippen LogP contribution in [0.15, 0.2) is 47.6 Å². The van der Waals surface area contributed by atoms with Crippen LogP contribution in [0.1, 0.15) is 17.5 Å². The summed E-state index contributed by atoms with van der Waals surface area (Å²) in [4.78, 5) is 13.5. The van der Waals surface area contributed by atoms with Gasteiger partial charge in [0.25, 0.3) is 0 Å². The van der Waals surface area contributed by atoms with Crippen LogP contribution in [0.5, 0.6) is 0 Å². The predicted molar refractivity (Wildman–Crippen MR) is 141 cm³/mol. The maximum atomic E-state index is 6.30. The number of guanidine groups is 1. The number of nitrogens with zero attached hydrogens (tertiary/aromatic N) is 4. The summed E-state index contributed by atoms with van der Waals surface area (Å²) >= 11 is 6.30. The average Bonchev–Trinajstić information content (AvgIpc) is 3.27. The topological polar surface area (TPSA) is 65.0 Å². The molecule has 2 fully saturated rings. The first-order valence-corrected chi connectivity index (χ1v) is 11.3. The van der Waals surface area contributed by atoms with E-state index < -0.39 is 0 Å². The van der Waals surface area contributed by atoms with E-state index in [1.165, 1.54) is 11.1 Å². The van der Waals surface area contributed by atoms with Gasteiger partial charge in [-0.3, -0.25) is 9.89 Å². The van der Waals surface area contributed by atoms with Crippen LogP contribution in [0.3, 0.4) is 0 Å². The fourth-order valence-corrected chi connectivity index (χ4v) is 4.28. The lowest BCUT2D eigenvalue weighted by atomic mass is 10.1. The molecule has 1 aromatic carbocycles. The lowest BCUT2D eigenvalue weighted by Crippen LogP contribution is -2.44. The summed E-state index contributed by atoms with van der Waals surface area (Å²) in [5.74, 6) is 1.67. The number of halogens is 2. The minimum absolute atomic E-state index is 0. The number of hydrogen-bond donors (Lipinski definition) is 2. The summed E-state index contributed by atoms with van der Waals surface area (Å²) in [6, 6.07) is 12.9. The number of anilines is 1. The molecule has 32 heavy (non-hydrogen) atoms. The van der Waals surface area contributed by atoms with E-state index in [-0.39, 0.29) is 24.0 Å². The zero-order chi connectivity index (χ0) is 21.5. The summed E-state index contributed by atoms with van der Waals surface area (Å²) in [5, 5.41) is 7.66. The third kappa shape index (κ3) is 6.94. The van der Waals surface area contributed by atoms with Gasteiger partial charge in [-0.1, -0.05) is 35.9 Å². The fraction of sp³-hybridized carbons (Fsp3) is 0.478. The van der Waals surface area contributed by atoms with E-state index in [0.29, 0.717) is 11.1 Å². The molecule has 0 amide bonds. The van der Waals surface area contributed by atoms with Crippen molar-refractivity contribution in [2.24, 2.45) is 4.99 Å². The Bertz CT molecular complexity index is 875. The van der Waals surface area contributed by atoms with E-state index in [2.05, 4.69) is 54.7 Å². The number of morpholine rings is 1. The normalized spacial score (nSPS) is 19.5. The molecule has 2 aliphatic rings. The van der Waals surface area contributed by atoms with Gasteiger partial charge in [0, 0.05) is 58.6 Å². The highest BCUT2D eigenvalue weighted by atomic mass is 127. The molecule has 1 atom stereocenters. The van der Waals surface area contributed by atoms with Gasteiger partial charge in [-0.25, -0.2) is 4.98 Å². The van der Waals surface area contributed by atoms with Crippen LogP contribution >= 0.6 is 35.6 Å². The monoisotopic (exact) mass is 570 g/mol. The van der Waals surface area contributed by atoms with Gasteiger partial charge < -0.3 is 20.3 Å². The summed E-state index contributed by atoms with van der Waals surface area (Å²) in [7, 11) is 1.81. The highest BCUT2D eigenvalue weighted by molar-refractivity contribution is 14.0. The Morgan fingerprint density at radius 2 is 1.91 bits per heavy atom. The van der Waals surface area contributed by atoms with Crippen molar-refractivity contribution in [3.05, 3.63) is 58.7 Å². The fourth-order valence-electron chi connectivity index (χ4n) is 4.03. The lowest BCUT2D eigenvalue weighted by molar-refractivity contribution is 0.0342. The van der Waals surface area contributed by atoms with Crippen molar-refractivity contribution in [3.63, 3.8) is 0 Å². The van der Waals surface area contributed by atoms with Crippen molar-refractivity contribution in [2.45, 2.75) is 25.6 Å². The van der Waals surface area contributed by atoms with E-state index in [4.69, 9.17) is 16.3 Å². The number of pyridine rings is 1. The standard InChI is InChI=1S/C23H31ClN6O.HI/c1-25-23(28-20-8-10-30(17-20)22-21(24)3-2-9-26-22)27-15-18-4-6-19(7-5-18)16-29-11-13-31-14-12-29;/h2-7,9,20H,8,10-17H2,1H3,(H2,25,27,28);1H. The smallest absolute Gasteiger partial charge is 0.191 e. The third-order valence-corrected chi connectivity index (χ3v) is 6.08. The SMILES string of the molecule is CN=C(NCc1ccc(CN2CCOCC2)cc1)NC1CCN(c2ncccc2Cl)C1.I. The largest absolute Gasteiger partial charge is 0.379 e. The van der Waals surface area contributed by atoms with Crippen LogP contribution in [0, 0.1) is 0 Å². The zero-order valence-corrected chi connectivity index (χ0v) is 21.6. The molecule has 0 aliphatic carbocycles. The van der Waals surface area contributed by atoms with Gasteiger partial charge in [-0.2, -0.15) is 0 Å². The summed E-state index contributed by atoms with van der Waals surface area (Å²) < 4.78 is 5.42. The second-order valence-corrected chi connectivity index (χ2v) is 8.42. The number of nitrogens with one attached hydrogen (secondary N) is 2. The van der Waals surface area contributed by atoms with Crippen molar-refractivity contribution < 1.29 is 4.74 Å². The molecule has 2 aromatic rings. The Kier molecular flexibility index (Phi) is 9.83. The molecule has 3 heterocycles. The molecule has 2 N–H and O–H groups in total. The van der Waals surface area contributed by atoms with E-state index in [1.807, 2.05) is 19.2 Å². The van der Waals surface area contributed by atoms with Crippen molar-refractivity contribution >= 4 is 47.4 Å². The molecule has 0 bridgehead atoms. The van der Waals surface area contributed by atoms with Gasteiger partial charge in [-0.05, 0) is 29.7 Å². The number of rotatable bonds is 6. The Morgan fingerprint density at radius 1 is 1.16 bits per heavy atom. The molecule has 1 unspecified atom stereocenters. The van der Waals surface area contributed by atoms with Gasteiger partial charge in [-0.15, -0.1) is 24.0 Å². The highest BCUT2D eigenvalue weighted by Gasteiger charge is 2.25. The van der Waals surface area contributed by atoms with Gasteiger partial charge in [0.2, 0.25) is 0 Å². The average molecular weight is 571 g/mol. The number of benzene rings is 1. The Labute approximate surface area is 212 Å². The summed E-state index contributed by atoms with van der Waals surface area (Å²) in [5.41, 5.74) is 2.58. The molecule has 2 saturated heterocycles. The minimum atomic E-state index is 0. The molecule has 174 valence electrons. The highest BCUT2D eigenvalue weighted by Crippen LogP contribution is 2.25. The van der Waals surface area contributed by atoms with Gasteiger partial charge >= 0.3 is 0 Å². The van der Waals surface area contributed by atoms with E-state index in [1.54, 1.807) is 6.20 Å². The Hall–Kier alpha value is -1.62. The molecule has 1 aromatic heterocycles. The van der Waals surface area contributed by atoms with Gasteiger partial charge in [0.1, 0.15) is 5.82 Å². The number of aliphatic imine (C=N–C) groups is 1. The maximum absolute atomic E-state index is 6.30.